The summed E-state index contributed by atoms with van der Waals surface area (Å²) in [5.41, 5.74) is 6.30. The van der Waals surface area contributed by atoms with Crippen LogP contribution in [-0.4, -0.2) is 29.8 Å². The van der Waals surface area contributed by atoms with E-state index in [0.29, 0.717) is 17.9 Å². The molecule has 4 nitrogen and oxygen atoms in total. The standard InChI is InChI=1S/C24H27NO3/c1-28-24(27)18-11-12-20-21(15-18)25-23(22(20)17-8-3-2-4-9-17)19-10-6-5-7-16(19)13-14-26/h5-7,10-12,15,17,25-26H,2-4,8-9,13-14H2,1H3. The first-order chi connectivity index (χ1) is 13.7. The van der Waals surface area contributed by atoms with Crippen LogP contribution in [0.5, 0.6) is 0 Å². The number of methoxy groups -OCH3 is 1. The second-order valence-electron chi connectivity index (χ2n) is 7.63. The first-order valence-electron chi connectivity index (χ1n) is 10.2. The van der Waals surface area contributed by atoms with Gasteiger partial charge in [0.15, 0.2) is 0 Å². The molecule has 0 spiro atoms. The highest BCUT2D eigenvalue weighted by molar-refractivity contribution is 5.98. The SMILES string of the molecule is COC(=O)c1ccc2c(C3CCCCC3)c(-c3ccccc3CCO)[nH]c2c1. The fraction of sp³-hybridized carbons (Fsp3) is 0.375. The van der Waals surface area contributed by atoms with Crippen molar-refractivity contribution in [2.24, 2.45) is 0 Å². The fourth-order valence-corrected chi connectivity index (χ4v) is 4.59. The normalized spacial score (nSPS) is 15.1. The maximum Gasteiger partial charge on any atom is 0.337 e. The van der Waals surface area contributed by atoms with Crippen LogP contribution in [0, 0.1) is 0 Å². The molecule has 1 aliphatic carbocycles. The number of hydrogen-bond acceptors (Lipinski definition) is 3. The molecule has 0 saturated heterocycles. The molecule has 4 heteroatoms. The molecule has 1 aromatic heterocycles. The minimum absolute atomic E-state index is 0.127. The van der Waals surface area contributed by atoms with Crippen molar-refractivity contribution in [2.45, 2.75) is 44.4 Å². The van der Waals surface area contributed by atoms with Gasteiger partial charge in [-0.2, -0.15) is 0 Å². The number of ether oxygens (including phenoxy) is 1. The molecule has 146 valence electrons. The van der Waals surface area contributed by atoms with E-state index in [-0.39, 0.29) is 12.6 Å². The number of nitrogens with one attached hydrogen (secondary N) is 1. The second kappa shape index (κ2) is 8.19. The highest BCUT2D eigenvalue weighted by Gasteiger charge is 2.25. The van der Waals surface area contributed by atoms with Crippen molar-refractivity contribution in [3.05, 3.63) is 59.2 Å². The number of aromatic amines is 1. The van der Waals surface area contributed by atoms with Gasteiger partial charge in [-0.25, -0.2) is 4.79 Å². The van der Waals surface area contributed by atoms with Crippen LogP contribution in [-0.2, 0) is 11.2 Å². The largest absolute Gasteiger partial charge is 0.465 e. The van der Waals surface area contributed by atoms with Crippen molar-refractivity contribution in [3.63, 3.8) is 0 Å². The molecule has 4 rings (SSSR count). The summed E-state index contributed by atoms with van der Waals surface area (Å²) in [5, 5.41) is 10.7. The smallest absolute Gasteiger partial charge is 0.337 e. The number of esters is 1. The van der Waals surface area contributed by atoms with Gasteiger partial charge >= 0.3 is 5.97 Å². The molecule has 28 heavy (non-hydrogen) atoms. The highest BCUT2D eigenvalue weighted by Crippen LogP contribution is 2.43. The van der Waals surface area contributed by atoms with Gasteiger partial charge in [0.1, 0.15) is 0 Å². The van der Waals surface area contributed by atoms with E-state index >= 15 is 0 Å². The summed E-state index contributed by atoms with van der Waals surface area (Å²) in [5.74, 6) is 0.196. The Labute approximate surface area is 165 Å². The third-order valence-electron chi connectivity index (χ3n) is 5.94. The van der Waals surface area contributed by atoms with Crippen LogP contribution in [0.25, 0.3) is 22.2 Å². The van der Waals surface area contributed by atoms with E-state index in [1.807, 2.05) is 24.3 Å². The number of aromatic nitrogens is 1. The van der Waals surface area contributed by atoms with Crippen LogP contribution < -0.4 is 0 Å². The summed E-state index contributed by atoms with van der Waals surface area (Å²) in [4.78, 5) is 15.6. The monoisotopic (exact) mass is 377 g/mol. The molecular formula is C24H27NO3. The molecule has 0 unspecified atom stereocenters. The van der Waals surface area contributed by atoms with Crippen molar-refractivity contribution in [1.82, 2.24) is 4.98 Å². The highest BCUT2D eigenvalue weighted by atomic mass is 16.5. The van der Waals surface area contributed by atoms with Crippen LogP contribution in [0.3, 0.4) is 0 Å². The van der Waals surface area contributed by atoms with Gasteiger partial charge in [-0.3, -0.25) is 0 Å². The Bertz CT molecular complexity index is 983. The van der Waals surface area contributed by atoms with E-state index in [1.54, 1.807) is 0 Å². The van der Waals surface area contributed by atoms with E-state index < -0.39 is 0 Å². The Morgan fingerprint density at radius 2 is 1.93 bits per heavy atom. The van der Waals surface area contributed by atoms with Gasteiger partial charge in [0.2, 0.25) is 0 Å². The summed E-state index contributed by atoms with van der Waals surface area (Å²) in [6, 6.07) is 14.1. The molecule has 0 amide bonds. The summed E-state index contributed by atoms with van der Waals surface area (Å²) in [6.07, 6.45) is 6.84. The summed E-state index contributed by atoms with van der Waals surface area (Å²) >= 11 is 0. The van der Waals surface area contributed by atoms with Crippen molar-refractivity contribution in [2.75, 3.05) is 13.7 Å². The lowest BCUT2D eigenvalue weighted by atomic mass is 9.81. The number of carbonyl (C=O) groups is 1. The molecule has 1 fully saturated rings. The molecule has 1 saturated carbocycles. The van der Waals surface area contributed by atoms with Crippen molar-refractivity contribution >= 4 is 16.9 Å². The van der Waals surface area contributed by atoms with Gasteiger partial charge in [-0.15, -0.1) is 0 Å². The van der Waals surface area contributed by atoms with E-state index in [1.165, 1.54) is 50.2 Å². The third kappa shape index (κ3) is 3.45. The number of carbonyl (C=O) groups excluding carboxylic acids is 1. The van der Waals surface area contributed by atoms with Gasteiger partial charge in [-0.1, -0.05) is 49.6 Å². The third-order valence-corrected chi connectivity index (χ3v) is 5.94. The second-order valence-corrected chi connectivity index (χ2v) is 7.63. The molecule has 1 aliphatic rings. The van der Waals surface area contributed by atoms with Gasteiger partial charge in [0, 0.05) is 23.1 Å². The topological polar surface area (TPSA) is 62.3 Å². The average Bonchev–Trinajstić information content (AvgIpc) is 3.13. The predicted molar refractivity (Wildman–Crippen MR) is 112 cm³/mol. The van der Waals surface area contributed by atoms with Crippen LogP contribution in [0.1, 0.15) is 59.5 Å². The quantitative estimate of drug-likeness (QED) is 0.601. The molecule has 2 aromatic carbocycles. The van der Waals surface area contributed by atoms with Crippen LogP contribution in [0.2, 0.25) is 0 Å². The van der Waals surface area contributed by atoms with Crippen LogP contribution >= 0.6 is 0 Å². The first kappa shape index (κ1) is 18.8. The van der Waals surface area contributed by atoms with E-state index in [2.05, 4.69) is 23.2 Å². The van der Waals surface area contributed by atoms with Crippen LogP contribution in [0.4, 0.5) is 0 Å². The van der Waals surface area contributed by atoms with Gasteiger partial charge in [0.05, 0.1) is 18.4 Å². The molecule has 0 radical (unpaired) electrons. The Kier molecular flexibility index (Phi) is 5.49. The molecule has 2 N–H and O–H groups in total. The van der Waals surface area contributed by atoms with Crippen LogP contribution in [0.15, 0.2) is 42.5 Å². The molecule has 3 aromatic rings. The van der Waals surface area contributed by atoms with Crippen molar-refractivity contribution in [1.29, 1.82) is 0 Å². The van der Waals surface area contributed by atoms with E-state index in [9.17, 15) is 9.90 Å². The maximum atomic E-state index is 12.0. The van der Waals surface area contributed by atoms with Gasteiger partial charge in [-0.05, 0) is 48.4 Å². The predicted octanol–water partition coefficient (Wildman–Crippen LogP) is 5.20. The van der Waals surface area contributed by atoms with Gasteiger partial charge in [0.25, 0.3) is 0 Å². The molecule has 0 aliphatic heterocycles. The number of H-pyrrole nitrogens is 1. The lowest BCUT2D eigenvalue weighted by Gasteiger charge is -2.23. The minimum atomic E-state index is -0.321. The number of aliphatic hydroxyl groups excluding tert-OH is 1. The minimum Gasteiger partial charge on any atom is -0.465 e. The molecule has 1 heterocycles. The molecular weight excluding hydrogens is 350 g/mol. The number of aliphatic hydroxyl groups is 1. The molecule has 0 bridgehead atoms. The summed E-state index contributed by atoms with van der Waals surface area (Å²) < 4.78 is 4.89. The van der Waals surface area contributed by atoms with E-state index in [0.717, 1.165) is 22.3 Å². The zero-order valence-electron chi connectivity index (χ0n) is 16.3. The Hall–Kier alpha value is -2.59. The Balaban J connectivity index is 1.92. The molecule has 0 atom stereocenters. The fourth-order valence-electron chi connectivity index (χ4n) is 4.59. The number of fused-ring (bicyclic) bond motifs is 1. The maximum absolute atomic E-state index is 12.0. The zero-order valence-corrected chi connectivity index (χ0v) is 16.3. The van der Waals surface area contributed by atoms with E-state index in [4.69, 9.17) is 4.74 Å². The van der Waals surface area contributed by atoms with Crippen molar-refractivity contribution in [3.8, 4) is 11.3 Å². The number of rotatable bonds is 5. The lowest BCUT2D eigenvalue weighted by molar-refractivity contribution is 0.0601. The zero-order chi connectivity index (χ0) is 19.5. The summed E-state index contributed by atoms with van der Waals surface area (Å²) in [6.45, 7) is 0.127. The van der Waals surface area contributed by atoms with Gasteiger partial charge < -0.3 is 14.8 Å². The van der Waals surface area contributed by atoms with Crippen molar-refractivity contribution < 1.29 is 14.6 Å². The summed E-state index contributed by atoms with van der Waals surface area (Å²) in [7, 11) is 1.41. The number of benzene rings is 2. The first-order valence-corrected chi connectivity index (χ1v) is 10.2. The number of hydrogen-bond donors (Lipinski definition) is 2. The lowest BCUT2D eigenvalue weighted by Crippen LogP contribution is -2.06. The Morgan fingerprint density at radius 3 is 2.68 bits per heavy atom. The Morgan fingerprint density at radius 1 is 1.14 bits per heavy atom. The average molecular weight is 377 g/mol.